The Labute approximate surface area is 151 Å². The van der Waals surface area contributed by atoms with Gasteiger partial charge in [-0.3, -0.25) is 19.1 Å². The Morgan fingerprint density at radius 1 is 1.19 bits per heavy atom. The number of aromatic nitrogens is 3. The minimum absolute atomic E-state index is 0.0352. The topological polar surface area (TPSA) is 89.2 Å². The van der Waals surface area contributed by atoms with Gasteiger partial charge in [0.15, 0.2) is 0 Å². The summed E-state index contributed by atoms with van der Waals surface area (Å²) in [4.78, 5) is 38.8. The lowest BCUT2D eigenvalue weighted by Crippen LogP contribution is -2.38. The molecule has 138 valence electrons. The fraction of sp³-hybridized carbons (Fsp3) is 0.444. The molecule has 0 atom stereocenters. The van der Waals surface area contributed by atoms with E-state index in [1.165, 1.54) is 10.6 Å². The second-order valence-electron chi connectivity index (χ2n) is 6.42. The number of nitrogens with one attached hydrogen (secondary N) is 1. The number of hydrogen-bond acceptors (Lipinski definition) is 4. The van der Waals surface area contributed by atoms with Gasteiger partial charge in [-0.2, -0.15) is 5.10 Å². The van der Waals surface area contributed by atoms with Crippen molar-refractivity contribution in [2.45, 2.75) is 32.9 Å². The number of amides is 2. The van der Waals surface area contributed by atoms with Crippen molar-refractivity contribution in [2.24, 2.45) is 0 Å². The Balaban J connectivity index is 1.61. The van der Waals surface area contributed by atoms with Crippen molar-refractivity contribution < 1.29 is 9.59 Å². The van der Waals surface area contributed by atoms with E-state index in [0.29, 0.717) is 13.1 Å². The summed E-state index contributed by atoms with van der Waals surface area (Å²) in [6, 6.07) is 4.98. The Kier molecular flexibility index (Phi) is 5.50. The Bertz CT molecular complexity index is 849. The van der Waals surface area contributed by atoms with Gasteiger partial charge < -0.3 is 14.8 Å². The van der Waals surface area contributed by atoms with E-state index in [9.17, 15) is 14.4 Å². The van der Waals surface area contributed by atoms with E-state index < -0.39 is 11.5 Å². The van der Waals surface area contributed by atoms with Gasteiger partial charge in [0.25, 0.3) is 11.5 Å². The van der Waals surface area contributed by atoms with E-state index in [1.807, 2.05) is 19.2 Å². The summed E-state index contributed by atoms with van der Waals surface area (Å²) in [5.41, 5.74) is 0.496. The zero-order valence-electron chi connectivity index (χ0n) is 14.9. The van der Waals surface area contributed by atoms with Crippen LogP contribution >= 0.6 is 0 Å². The van der Waals surface area contributed by atoms with Crippen molar-refractivity contribution in [3.05, 3.63) is 52.2 Å². The van der Waals surface area contributed by atoms with Crippen LogP contribution in [0.1, 0.15) is 28.9 Å². The van der Waals surface area contributed by atoms with Crippen LogP contribution in [-0.2, 0) is 17.9 Å². The minimum Gasteiger partial charge on any atom is -0.350 e. The SMILES string of the molecule is Cc1ccn(CCNC(=O)c2cccn(CC(=O)N3CCCC3)c2=O)n1. The molecule has 0 radical (unpaired) electrons. The number of rotatable bonds is 6. The lowest BCUT2D eigenvalue weighted by Gasteiger charge is -2.16. The van der Waals surface area contributed by atoms with Gasteiger partial charge in [0.1, 0.15) is 12.1 Å². The molecule has 3 heterocycles. The molecule has 0 unspecified atom stereocenters. The third-order valence-electron chi connectivity index (χ3n) is 4.43. The van der Waals surface area contributed by atoms with Crippen LogP contribution in [0.3, 0.4) is 0 Å². The van der Waals surface area contributed by atoms with E-state index in [2.05, 4.69) is 10.4 Å². The molecular weight excluding hydrogens is 334 g/mol. The summed E-state index contributed by atoms with van der Waals surface area (Å²) >= 11 is 0. The molecule has 0 aliphatic carbocycles. The number of pyridine rings is 1. The first-order chi connectivity index (χ1) is 12.5. The lowest BCUT2D eigenvalue weighted by molar-refractivity contribution is -0.130. The summed E-state index contributed by atoms with van der Waals surface area (Å²) in [5, 5.41) is 6.96. The maximum atomic E-state index is 12.5. The highest BCUT2D eigenvalue weighted by Gasteiger charge is 2.19. The predicted octanol–water partition coefficient (Wildman–Crippen LogP) is 0.406. The predicted molar refractivity (Wildman–Crippen MR) is 95.8 cm³/mol. The molecule has 0 aromatic carbocycles. The monoisotopic (exact) mass is 357 g/mol. The second-order valence-corrected chi connectivity index (χ2v) is 6.42. The van der Waals surface area contributed by atoms with Gasteiger partial charge in [0.05, 0.1) is 12.2 Å². The van der Waals surface area contributed by atoms with Crippen LogP contribution in [0.2, 0.25) is 0 Å². The van der Waals surface area contributed by atoms with Crippen LogP contribution in [0, 0.1) is 6.92 Å². The summed E-state index contributed by atoms with van der Waals surface area (Å²) < 4.78 is 3.03. The van der Waals surface area contributed by atoms with Crippen molar-refractivity contribution in [1.29, 1.82) is 0 Å². The van der Waals surface area contributed by atoms with Crippen LogP contribution in [-0.4, -0.2) is 50.7 Å². The smallest absolute Gasteiger partial charge is 0.263 e. The fourth-order valence-corrected chi connectivity index (χ4v) is 3.01. The van der Waals surface area contributed by atoms with Crippen molar-refractivity contribution in [3.63, 3.8) is 0 Å². The summed E-state index contributed by atoms with van der Waals surface area (Å²) in [6.45, 7) is 4.22. The Hall–Kier alpha value is -2.90. The first-order valence-corrected chi connectivity index (χ1v) is 8.80. The molecule has 8 nitrogen and oxygen atoms in total. The van der Waals surface area contributed by atoms with Crippen molar-refractivity contribution in [1.82, 2.24) is 24.6 Å². The van der Waals surface area contributed by atoms with Crippen LogP contribution in [0.4, 0.5) is 0 Å². The lowest BCUT2D eigenvalue weighted by atomic mass is 10.2. The third kappa shape index (κ3) is 4.19. The normalized spacial score (nSPS) is 13.8. The first kappa shape index (κ1) is 17.9. The largest absolute Gasteiger partial charge is 0.350 e. The van der Waals surface area contributed by atoms with Crippen LogP contribution in [0.15, 0.2) is 35.4 Å². The average molecular weight is 357 g/mol. The molecule has 26 heavy (non-hydrogen) atoms. The summed E-state index contributed by atoms with van der Waals surface area (Å²) in [7, 11) is 0. The highest BCUT2D eigenvalue weighted by atomic mass is 16.2. The molecular formula is C18H23N5O3. The number of nitrogens with zero attached hydrogens (tertiary/aromatic N) is 4. The van der Waals surface area contributed by atoms with Crippen LogP contribution in [0.25, 0.3) is 0 Å². The number of aryl methyl sites for hydroxylation is 1. The third-order valence-corrected chi connectivity index (χ3v) is 4.43. The van der Waals surface area contributed by atoms with Gasteiger partial charge in [-0.25, -0.2) is 0 Å². The molecule has 1 aliphatic rings. The van der Waals surface area contributed by atoms with Crippen molar-refractivity contribution >= 4 is 11.8 Å². The number of hydrogen-bond donors (Lipinski definition) is 1. The van der Waals surface area contributed by atoms with Gasteiger partial charge in [-0.05, 0) is 38.0 Å². The number of likely N-dealkylation sites (tertiary alicyclic amines) is 1. The molecule has 0 bridgehead atoms. The maximum absolute atomic E-state index is 12.5. The molecule has 2 amide bonds. The molecule has 1 fully saturated rings. The summed E-state index contributed by atoms with van der Waals surface area (Å²) in [6.07, 6.45) is 5.37. The number of carbonyl (C=O) groups excluding carboxylic acids is 2. The molecule has 0 saturated carbocycles. The standard InChI is InChI=1S/C18H23N5O3/c1-14-6-11-23(20-14)12-7-19-17(25)15-5-4-10-22(18(15)26)13-16(24)21-8-2-3-9-21/h4-6,10-11H,2-3,7-9,12-13H2,1H3,(H,19,25). The quantitative estimate of drug-likeness (QED) is 0.811. The highest BCUT2D eigenvalue weighted by Crippen LogP contribution is 2.08. The maximum Gasteiger partial charge on any atom is 0.263 e. The van der Waals surface area contributed by atoms with Gasteiger partial charge in [-0.15, -0.1) is 0 Å². The molecule has 1 N–H and O–H groups in total. The van der Waals surface area contributed by atoms with E-state index in [1.54, 1.807) is 21.8 Å². The molecule has 3 rings (SSSR count). The van der Waals surface area contributed by atoms with E-state index in [-0.39, 0.29) is 18.0 Å². The summed E-state index contributed by atoms with van der Waals surface area (Å²) in [5.74, 6) is -0.530. The van der Waals surface area contributed by atoms with E-state index in [4.69, 9.17) is 0 Å². The van der Waals surface area contributed by atoms with E-state index in [0.717, 1.165) is 31.6 Å². The van der Waals surface area contributed by atoms with Gasteiger partial charge in [-0.1, -0.05) is 0 Å². The molecule has 2 aromatic heterocycles. The van der Waals surface area contributed by atoms with Crippen molar-refractivity contribution in [3.8, 4) is 0 Å². The first-order valence-electron chi connectivity index (χ1n) is 8.80. The zero-order valence-corrected chi connectivity index (χ0v) is 14.9. The van der Waals surface area contributed by atoms with Gasteiger partial charge in [0.2, 0.25) is 5.91 Å². The average Bonchev–Trinajstić information content (AvgIpc) is 3.28. The molecule has 1 aliphatic heterocycles. The Morgan fingerprint density at radius 2 is 1.96 bits per heavy atom. The fourth-order valence-electron chi connectivity index (χ4n) is 3.01. The molecule has 0 spiro atoms. The minimum atomic E-state index is -0.451. The molecule has 2 aromatic rings. The van der Waals surface area contributed by atoms with Crippen molar-refractivity contribution in [2.75, 3.05) is 19.6 Å². The molecule has 1 saturated heterocycles. The van der Waals surface area contributed by atoms with E-state index >= 15 is 0 Å². The Morgan fingerprint density at radius 3 is 2.65 bits per heavy atom. The van der Waals surface area contributed by atoms with Gasteiger partial charge >= 0.3 is 0 Å². The second kappa shape index (κ2) is 7.99. The van der Waals surface area contributed by atoms with Gasteiger partial charge in [0, 0.05) is 32.0 Å². The molecule has 8 heteroatoms. The van der Waals surface area contributed by atoms with Crippen LogP contribution < -0.4 is 10.9 Å². The zero-order chi connectivity index (χ0) is 18.5. The highest BCUT2D eigenvalue weighted by molar-refractivity contribution is 5.93. The number of carbonyl (C=O) groups is 2. The van der Waals surface area contributed by atoms with Crippen LogP contribution in [0.5, 0.6) is 0 Å².